The number of alkyl carbamates (subject to hydrolysis) is 1. The summed E-state index contributed by atoms with van der Waals surface area (Å²) in [5.74, 6) is 0. The lowest BCUT2D eigenvalue weighted by atomic mass is 10.0. The summed E-state index contributed by atoms with van der Waals surface area (Å²) in [6.07, 6.45) is -2.89. The average Bonchev–Trinajstić information content (AvgIpc) is 3.11. The van der Waals surface area contributed by atoms with Gasteiger partial charge in [0, 0.05) is 30.4 Å². The van der Waals surface area contributed by atoms with Gasteiger partial charge in [-0.2, -0.15) is 0 Å². The van der Waals surface area contributed by atoms with Gasteiger partial charge in [0.15, 0.2) is 2.82 Å². The van der Waals surface area contributed by atoms with Crippen molar-refractivity contribution in [3.8, 4) is 0 Å². The fourth-order valence-electron chi connectivity index (χ4n) is 1.97. The maximum Gasteiger partial charge on any atom is 0.407 e. The van der Waals surface area contributed by atoms with Crippen LogP contribution in [0, 0.1) is 0 Å². The standard InChI is InChI=1S/C16H21N3O2/c1-19(2)6-5-12-9-17-15-4-3-11(8-14(12)15)7-13-10-21-16(20)18-13/h3-4,8-9,13,17H,5-7,10H2,1-2H3,(H,18,20)/t13-/m0/s1/i1D3,3D,4D,6D2,8D,9D,13D/hD2. The molecule has 112 valence electrons. The van der Waals surface area contributed by atoms with E-state index in [4.69, 9.17) is 21.3 Å². The van der Waals surface area contributed by atoms with E-state index in [2.05, 4.69) is 0 Å². The minimum absolute atomic E-state index is 0.195. The molecule has 0 spiro atoms. The molecule has 2 heterocycles. The summed E-state index contributed by atoms with van der Waals surface area (Å²) in [6.45, 7) is -5.84. The Bertz CT molecular complexity index is 1130. The highest BCUT2D eigenvalue weighted by molar-refractivity contribution is 5.84. The number of likely N-dealkylation sites (N-methyl/N-ethyl adjacent to an activating group) is 1. The van der Waals surface area contributed by atoms with Crippen molar-refractivity contribution in [3.63, 3.8) is 0 Å². The Balaban J connectivity index is 2.21. The quantitative estimate of drug-likeness (QED) is 0.887. The van der Waals surface area contributed by atoms with Crippen LogP contribution in [0.2, 0.25) is 2.82 Å². The molecule has 0 aliphatic carbocycles. The molecule has 0 radical (unpaired) electrons. The normalized spacial score (nSPS) is 31.7. The van der Waals surface area contributed by atoms with Crippen LogP contribution in [0.15, 0.2) is 24.3 Å². The van der Waals surface area contributed by atoms with Crippen LogP contribution in [0.5, 0.6) is 0 Å². The molecule has 2 N–H and O–H groups in total. The van der Waals surface area contributed by atoms with Crippen molar-refractivity contribution in [3.05, 3.63) is 35.4 Å². The Kier molecular flexibility index (Phi) is 1.55. The molecule has 1 aromatic carbocycles. The summed E-state index contributed by atoms with van der Waals surface area (Å²) in [6, 6.07) is -3.54. The molecule has 1 atom stereocenters. The number of aromatic amines is 1. The first-order valence-corrected chi connectivity index (χ1v) is 6.25. The summed E-state index contributed by atoms with van der Waals surface area (Å²) in [5.41, 5.74) is -0.724. The van der Waals surface area contributed by atoms with Crippen LogP contribution in [0.4, 0.5) is 4.79 Å². The Morgan fingerprint density at radius 2 is 2.62 bits per heavy atom. The molecule has 0 unspecified atom stereocenters. The number of aromatic nitrogens is 1. The zero-order chi connectivity index (χ0) is 25.3. The first-order valence-electron chi connectivity index (χ1n) is 12.1. The second-order valence-electron chi connectivity index (χ2n) is 4.58. The zero-order valence-electron chi connectivity index (χ0n) is 23.3. The Morgan fingerprint density at radius 1 is 1.71 bits per heavy atom. The first-order chi connectivity index (χ1) is 14.9. The smallest absolute Gasteiger partial charge is 0.407 e. The third-order valence-electron chi connectivity index (χ3n) is 2.93. The molecule has 1 amide bonds. The molecule has 0 saturated carbocycles. The van der Waals surface area contributed by atoms with Gasteiger partial charge in [0.05, 0.1) is 12.9 Å². The third-order valence-corrected chi connectivity index (χ3v) is 2.93. The number of carbonyl (C=O) groups excluding carboxylic acids is 1. The van der Waals surface area contributed by atoms with Crippen molar-refractivity contribution >= 4 is 17.0 Å². The van der Waals surface area contributed by atoms with Gasteiger partial charge in [0.1, 0.15) is 6.61 Å². The highest BCUT2D eigenvalue weighted by atomic mass is 16.6. The number of nitrogens with one attached hydrogen (secondary N) is 2. The molecule has 1 aromatic heterocycles. The molecule has 5 nitrogen and oxygen atoms in total. The van der Waals surface area contributed by atoms with E-state index in [0.717, 1.165) is 7.05 Å². The maximum absolute atomic E-state index is 11.6. The highest BCUT2D eigenvalue weighted by Crippen LogP contribution is 2.21. The lowest BCUT2D eigenvalue weighted by molar-refractivity contribution is 0.177. The Labute approximate surface area is 141 Å². The molecule has 5 heteroatoms. The van der Waals surface area contributed by atoms with Crippen molar-refractivity contribution in [1.29, 1.82) is 0 Å². The van der Waals surface area contributed by atoms with Crippen molar-refractivity contribution in [2.75, 3.05) is 27.1 Å². The van der Waals surface area contributed by atoms with E-state index in [-0.39, 0.29) is 27.3 Å². The number of fused-ring (bicyclic) bond motifs is 1. The Hall–Kier alpha value is -2.01. The molecular weight excluding hydrogens is 266 g/mol. The number of amides is 1. The number of hydrogen-bond donors (Lipinski definition) is 2. The number of rotatable bonds is 5. The molecule has 21 heavy (non-hydrogen) atoms. The monoisotopic (exact) mass is 299 g/mol. The average molecular weight is 299 g/mol. The van der Waals surface area contributed by atoms with Crippen LogP contribution in [0.3, 0.4) is 0 Å². The molecule has 1 aliphatic heterocycles. The predicted octanol–water partition coefficient (Wildman–Crippen LogP) is 1.92. The van der Waals surface area contributed by atoms with Gasteiger partial charge in [-0.25, -0.2) is 4.79 Å². The Morgan fingerprint density at radius 3 is 3.38 bits per heavy atom. The second kappa shape index (κ2) is 5.77. The van der Waals surface area contributed by atoms with Crippen LogP contribution >= 0.6 is 0 Å². The fraction of sp³-hybridized carbons (Fsp3) is 0.438. The summed E-state index contributed by atoms with van der Waals surface area (Å²) in [5, 5.41) is 0.0648. The number of ether oxygens (including phenoxy) is 1. The van der Waals surface area contributed by atoms with Crippen molar-refractivity contribution in [2.24, 2.45) is 0 Å². The van der Waals surface area contributed by atoms with Gasteiger partial charge < -0.3 is 19.9 Å². The summed E-state index contributed by atoms with van der Waals surface area (Å²) < 4.78 is 101. The number of carbonyl (C=O) groups is 1. The molecular formula is C16H21N3O2. The van der Waals surface area contributed by atoms with Crippen LogP contribution in [-0.4, -0.2) is 49.1 Å². The largest absolute Gasteiger partial charge is 0.447 e. The third kappa shape index (κ3) is 3.19. The first kappa shape index (κ1) is 5.65. The van der Waals surface area contributed by atoms with Gasteiger partial charge in [-0.1, -0.05) is 6.04 Å². The number of hydrogen-bond acceptors (Lipinski definition) is 3. The summed E-state index contributed by atoms with van der Waals surface area (Å²) >= 11 is 0. The van der Waals surface area contributed by atoms with E-state index in [1.165, 1.54) is 0 Å². The van der Waals surface area contributed by atoms with Gasteiger partial charge >= 0.3 is 6.09 Å². The van der Waals surface area contributed by atoms with Gasteiger partial charge in [-0.05, 0) is 50.1 Å². The van der Waals surface area contributed by atoms with Crippen molar-refractivity contribution in [1.82, 2.24) is 15.2 Å². The molecule has 0 bridgehead atoms. The second-order valence-corrected chi connectivity index (χ2v) is 4.58. The zero-order valence-corrected chi connectivity index (χ0v) is 11.3. The van der Waals surface area contributed by atoms with Gasteiger partial charge in [0.2, 0.25) is 0 Å². The fourth-order valence-corrected chi connectivity index (χ4v) is 1.97. The number of benzene rings is 1. The lowest BCUT2D eigenvalue weighted by Crippen LogP contribution is -2.28. The van der Waals surface area contributed by atoms with Crippen LogP contribution in [0.25, 0.3) is 10.9 Å². The minimum atomic E-state index is -2.81. The maximum atomic E-state index is 11.6. The number of H-pyrrole nitrogens is 1. The van der Waals surface area contributed by atoms with Crippen LogP contribution in [-0.2, 0) is 17.6 Å². The SMILES string of the molecule is [2H]c1c(C[C@@]2([2H])COC(=O)N2[2H])c([2H])c2c(CC([2H])([2H])N(C)C([2H])([2H])[2H])c([2H])n([2H])c2c1[2H]. The van der Waals surface area contributed by atoms with Gasteiger partial charge in [-0.3, -0.25) is 0 Å². The van der Waals surface area contributed by atoms with E-state index < -0.39 is 69.3 Å². The van der Waals surface area contributed by atoms with Crippen molar-refractivity contribution < 1.29 is 26.1 Å². The number of nitrogens with zero attached hydrogens (tertiary/aromatic N) is 1. The number of cyclic esters (lactones) is 1. The predicted molar refractivity (Wildman–Crippen MR) is 82.5 cm³/mol. The van der Waals surface area contributed by atoms with Crippen molar-refractivity contribution in [2.45, 2.75) is 18.9 Å². The van der Waals surface area contributed by atoms with E-state index in [1.54, 1.807) is 0 Å². The number of aryl methyl sites for hydroxylation is 1. The molecule has 2 aromatic rings. The van der Waals surface area contributed by atoms with E-state index in [9.17, 15) is 4.79 Å². The molecule has 1 fully saturated rings. The topological polar surface area (TPSA) is 57.4 Å². The molecule has 3 rings (SSSR count). The summed E-state index contributed by atoms with van der Waals surface area (Å²) in [7, 11) is 1.03. The summed E-state index contributed by atoms with van der Waals surface area (Å²) in [4.78, 5) is 12.5. The van der Waals surface area contributed by atoms with Crippen LogP contribution in [0.1, 0.15) is 24.8 Å². The van der Waals surface area contributed by atoms with E-state index in [1.807, 2.05) is 0 Å². The highest BCUT2D eigenvalue weighted by Gasteiger charge is 2.22. The minimum Gasteiger partial charge on any atom is -0.447 e. The van der Waals surface area contributed by atoms with E-state index in [0.29, 0.717) is 9.88 Å². The van der Waals surface area contributed by atoms with Gasteiger partial charge in [-0.15, -0.1) is 0 Å². The lowest BCUT2D eigenvalue weighted by Gasteiger charge is -2.09. The molecule has 1 saturated heterocycles. The molecule has 1 aliphatic rings. The van der Waals surface area contributed by atoms with Crippen LogP contribution < -0.4 is 5.31 Å². The van der Waals surface area contributed by atoms with E-state index >= 15 is 0 Å². The van der Waals surface area contributed by atoms with Gasteiger partial charge in [0.25, 0.3) is 0 Å².